The Labute approximate surface area is 129 Å². The molecule has 21 heavy (non-hydrogen) atoms. The van der Waals surface area contributed by atoms with Gasteiger partial charge in [0.15, 0.2) is 0 Å². The van der Waals surface area contributed by atoms with Gasteiger partial charge in [0, 0.05) is 38.3 Å². The summed E-state index contributed by atoms with van der Waals surface area (Å²) >= 11 is 0. The smallest absolute Gasteiger partial charge is 0.234 e. The number of nitrogens with zero attached hydrogens (tertiary/aromatic N) is 2. The van der Waals surface area contributed by atoms with Crippen LogP contribution in [0.4, 0.5) is 0 Å². The minimum atomic E-state index is 0.212. The van der Waals surface area contributed by atoms with Gasteiger partial charge in [-0.25, -0.2) is 0 Å². The Morgan fingerprint density at radius 1 is 1.24 bits per heavy atom. The second kappa shape index (κ2) is 8.71. The predicted octanol–water partition coefficient (Wildman–Crippen LogP) is 0.790. The van der Waals surface area contributed by atoms with E-state index in [-0.39, 0.29) is 5.91 Å². The molecule has 5 nitrogen and oxygen atoms in total. The molecule has 0 bridgehead atoms. The second-order valence-electron chi connectivity index (χ2n) is 6.50. The highest BCUT2D eigenvalue weighted by molar-refractivity contribution is 5.78. The molecular formula is C16H32N4O. The summed E-state index contributed by atoms with van der Waals surface area (Å²) in [5, 5.41) is 3.18. The van der Waals surface area contributed by atoms with E-state index in [9.17, 15) is 4.79 Å². The van der Waals surface area contributed by atoms with Gasteiger partial charge in [-0.05, 0) is 32.2 Å². The van der Waals surface area contributed by atoms with Crippen molar-refractivity contribution in [3.8, 4) is 0 Å². The summed E-state index contributed by atoms with van der Waals surface area (Å²) < 4.78 is 0. The van der Waals surface area contributed by atoms with Crippen molar-refractivity contribution in [2.45, 2.75) is 57.5 Å². The molecule has 0 aromatic rings. The molecule has 5 heteroatoms. The lowest BCUT2D eigenvalue weighted by atomic mass is 10.1. The van der Waals surface area contributed by atoms with Gasteiger partial charge in [-0.2, -0.15) is 0 Å². The molecule has 122 valence electrons. The third-order valence-corrected chi connectivity index (χ3v) is 4.98. The largest absolute Gasteiger partial charge is 0.352 e. The van der Waals surface area contributed by atoms with E-state index in [1.54, 1.807) is 0 Å². The first-order valence-electron chi connectivity index (χ1n) is 8.68. The van der Waals surface area contributed by atoms with E-state index in [1.165, 1.54) is 19.3 Å². The fourth-order valence-corrected chi connectivity index (χ4v) is 3.67. The molecule has 0 aromatic carbocycles. The van der Waals surface area contributed by atoms with Crippen molar-refractivity contribution < 1.29 is 4.79 Å². The van der Waals surface area contributed by atoms with Crippen LogP contribution >= 0.6 is 0 Å². The maximum Gasteiger partial charge on any atom is 0.234 e. The van der Waals surface area contributed by atoms with Crippen molar-refractivity contribution in [2.24, 2.45) is 5.73 Å². The zero-order valence-electron chi connectivity index (χ0n) is 13.5. The third kappa shape index (κ3) is 5.24. The van der Waals surface area contributed by atoms with Crippen LogP contribution in [0, 0.1) is 0 Å². The average Bonchev–Trinajstić information content (AvgIpc) is 2.98. The van der Waals surface area contributed by atoms with Gasteiger partial charge in [-0.15, -0.1) is 0 Å². The Morgan fingerprint density at radius 3 is 2.48 bits per heavy atom. The Morgan fingerprint density at radius 2 is 1.90 bits per heavy atom. The van der Waals surface area contributed by atoms with Crippen molar-refractivity contribution in [3.63, 3.8) is 0 Å². The van der Waals surface area contributed by atoms with Crippen LogP contribution in [0.2, 0.25) is 0 Å². The molecule has 2 rings (SSSR count). The normalized spacial score (nSPS) is 23.3. The summed E-state index contributed by atoms with van der Waals surface area (Å²) in [6.07, 6.45) is 7.11. The Balaban J connectivity index is 1.67. The molecule has 0 spiro atoms. The highest BCUT2D eigenvalue weighted by Crippen LogP contribution is 2.17. The molecule has 2 aliphatic rings. The molecule has 0 aromatic heterocycles. The van der Waals surface area contributed by atoms with Gasteiger partial charge in [0.2, 0.25) is 5.91 Å². The van der Waals surface area contributed by atoms with Crippen LogP contribution in [0.25, 0.3) is 0 Å². The number of nitrogens with two attached hydrogens (primary N) is 1. The van der Waals surface area contributed by atoms with Crippen molar-refractivity contribution >= 4 is 5.91 Å². The van der Waals surface area contributed by atoms with E-state index < -0.39 is 0 Å². The molecule has 1 aliphatic carbocycles. The lowest BCUT2D eigenvalue weighted by Crippen LogP contribution is -2.53. The highest BCUT2D eigenvalue weighted by atomic mass is 16.2. The summed E-state index contributed by atoms with van der Waals surface area (Å²) in [6, 6.07) is 1.05. The van der Waals surface area contributed by atoms with Gasteiger partial charge in [0.05, 0.1) is 6.54 Å². The predicted molar refractivity (Wildman–Crippen MR) is 86.2 cm³/mol. The maximum atomic E-state index is 12.1. The Hall–Kier alpha value is -0.650. The molecule has 1 atom stereocenters. The molecule has 1 aliphatic heterocycles. The van der Waals surface area contributed by atoms with Gasteiger partial charge in [0.25, 0.3) is 0 Å². The zero-order chi connectivity index (χ0) is 15.1. The average molecular weight is 296 g/mol. The van der Waals surface area contributed by atoms with Crippen LogP contribution < -0.4 is 11.1 Å². The topological polar surface area (TPSA) is 61.6 Å². The Kier molecular flexibility index (Phi) is 6.93. The van der Waals surface area contributed by atoms with Crippen molar-refractivity contribution in [3.05, 3.63) is 0 Å². The molecule has 2 fully saturated rings. The first-order valence-corrected chi connectivity index (χ1v) is 8.68. The van der Waals surface area contributed by atoms with Gasteiger partial charge >= 0.3 is 0 Å². The molecule has 1 heterocycles. The van der Waals surface area contributed by atoms with E-state index in [1.807, 2.05) is 0 Å². The summed E-state index contributed by atoms with van der Waals surface area (Å²) in [5.41, 5.74) is 5.69. The molecule has 1 saturated heterocycles. The fourth-order valence-electron chi connectivity index (χ4n) is 3.67. The van der Waals surface area contributed by atoms with Crippen LogP contribution in [-0.4, -0.2) is 67.1 Å². The van der Waals surface area contributed by atoms with Crippen LogP contribution in [0.15, 0.2) is 0 Å². The zero-order valence-corrected chi connectivity index (χ0v) is 13.5. The van der Waals surface area contributed by atoms with E-state index >= 15 is 0 Å². The molecule has 3 N–H and O–H groups in total. The number of carbonyl (C=O) groups is 1. The van der Waals surface area contributed by atoms with E-state index in [2.05, 4.69) is 22.0 Å². The lowest BCUT2D eigenvalue weighted by Gasteiger charge is -2.38. The van der Waals surface area contributed by atoms with Crippen molar-refractivity contribution in [1.29, 1.82) is 0 Å². The standard InChI is InChI=1S/C16H32N4O/c1-2-15(7-8-17)20-11-9-19(10-12-20)13-16(21)18-14-5-3-4-6-14/h14-15H,2-13,17H2,1H3,(H,18,21). The van der Waals surface area contributed by atoms with Crippen LogP contribution in [0.5, 0.6) is 0 Å². The minimum Gasteiger partial charge on any atom is -0.352 e. The summed E-state index contributed by atoms with van der Waals surface area (Å²) in [5.74, 6) is 0.212. The number of hydrogen-bond acceptors (Lipinski definition) is 4. The monoisotopic (exact) mass is 296 g/mol. The first-order chi connectivity index (χ1) is 10.2. The second-order valence-corrected chi connectivity index (χ2v) is 6.50. The molecule has 0 radical (unpaired) electrons. The lowest BCUT2D eigenvalue weighted by molar-refractivity contribution is -0.123. The SMILES string of the molecule is CCC(CCN)N1CCN(CC(=O)NC2CCCC2)CC1. The molecule has 1 saturated carbocycles. The molecule has 1 unspecified atom stereocenters. The number of rotatable bonds is 7. The van der Waals surface area contributed by atoms with Crippen LogP contribution in [0.3, 0.4) is 0 Å². The summed E-state index contributed by atoms with van der Waals surface area (Å²) in [6.45, 7) is 7.70. The fraction of sp³-hybridized carbons (Fsp3) is 0.938. The maximum absolute atomic E-state index is 12.1. The van der Waals surface area contributed by atoms with Crippen molar-refractivity contribution in [1.82, 2.24) is 15.1 Å². The van der Waals surface area contributed by atoms with E-state index in [0.717, 1.165) is 52.0 Å². The van der Waals surface area contributed by atoms with Gasteiger partial charge in [0.1, 0.15) is 0 Å². The Bertz CT molecular complexity index is 309. The summed E-state index contributed by atoms with van der Waals surface area (Å²) in [4.78, 5) is 16.9. The number of amides is 1. The number of nitrogens with one attached hydrogen (secondary N) is 1. The van der Waals surface area contributed by atoms with Gasteiger partial charge in [-0.3, -0.25) is 14.6 Å². The van der Waals surface area contributed by atoms with Crippen LogP contribution in [-0.2, 0) is 4.79 Å². The van der Waals surface area contributed by atoms with Crippen LogP contribution in [0.1, 0.15) is 45.4 Å². The number of piperazine rings is 1. The minimum absolute atomic E-state index is 0.212. The summed E-state index contributed by atoms with van der Waals surface area (Å²) in [7, 11) is 0. The van der Waals surface area contributed by atoms with Gasteiger partial charge in [-0.1, -0.05) is 19.8 Å². The quantitative estimate of drug-likeness (QED) is 0.729. The highest BCUT2D eigenvalue weighted by Gasteiger charge is 2.24. The molecule has 1 amide bonds. The van der Waals surface area contributed by atoms with E-state index in [4.69, 9.17) is 5.73 Å². The van der Waals surface area contributed by atoms with Crippen molar-refractivity contribution in [2.75, 3.05) is 39.3 Å². The number of hydrogen-bond donors (Lipinski definition) is 2. The third-order valence-electron chi connectivity index (χ3n) is 4.98. The van der Waals surface area contributed by atoms with Gasteiger partial charge < -0.3 is 11.1 Å². The number of carbonyl (C=O) groups excluding carboxylic acids is 1. The molecular weight excluding hydrogens is 264 g/mol. The van der Waals surface area contributed by atoms with E-state index in [0.29, 0.717) is 18.6 Å². The first kappa shape index (κ1) is 16.7.